The van der Waals surface area contributed by atoms with E-state index in [1.807, 2.05) is 45.0 Å². The SMILES string of the molecule is CC(C)(C)OC(=O)Nc1ccc(CCCN2CCC[C@H]2C(=O)O)cc1. The van der Waals surface area contributed by atoms with Gasteiger partial charge in [0.15, 0.2) is 0 Å². The molecular formula is C19H28N2O4. The van der Waals surface area contributed by atoms with Crippen molar-refractivity contribution in [2.45, 2.75) is 58.1 Å². The van der Waals surface area contributed by atoms with Crippen LogP contribution in [0.25, 0.3) is 0 Å². The van der Waals surface area contributed by atoms with E-state index in [-0.39, 0.29) is 6.04 Å². The van der Waals surface area contributed by atoms with Gasteiger partial charge in [-0.3, -0.25) is 15.0 Å². The molecule has 1 fully saturated rings. The molecular weight excluding hydrogens is 320 g/mol. The van der Waals surface area contributed by atoms with Crippen molar-refractivity contribution in [3.63, 3.8) is 0 Å². The minimum absolute atomic E-state index is 0.319. The molecule has 0 bridgehead atoms. The molecule has 138 valence electrons. The minimum Gasteiger partial charge on any atom is -0.480 e. The van der Waals surface area contributed by atoms with Gasteiger partial charge in [-0.25, -0.2) is 4.79 Å². The number of aliphatic carboxylic acids is 1. The van der Waals surface area contributed by atoms with Crippen LogP contribution < -0.4 is 5.32 Å². The molecule has 2 rings (SSSR count). The summed E-state index contributed by atoms with van der Waals surface area (Å²) in [5, 5.41) is 11.9. The highest BCUT2D eigenvalue weighted by Crippen LogP contribution is 2.19. The Balaban J connectivity index is 1.77. The molecule has 0 spiro atoms. The molecule has 25 heavy (non-hydrogen) atoms. The van der Waals surface area contributed by atoms with Gasteiger partial charge in [-0.05, 0) is 77.2 Å². The Labute approximate surface area is 149 Å². The first-order chi connectivity index (χ1) is 11.7. The summed E-state index contributed by atoms with van der Waals surface area (Å²) >= 11 is 0. The molecule has 0 saturated carbocycles. The lowest BCUT2D eigenvalue weighted by atomic mass is 10.1. The van der Waals surface area contributed by atoms with Crippen LogP contribution in [-0.2, 0) is 16.0 Å². The average molecular weight is 348 g/mol. The quantitative estimate of drug-likeness (QED) is 0.822. The van der Waals surface area contributed by atoms with Gasteiger partial charge in [0, 0.05) is 5.69 Å². The van der Waals surface area contributed by atoms with Gasteiger partial charge in [0.25, 0.3) is 0 Å². The van der Waals surface area contributed by atoms with E-state index in [9.17, 15) is 14.7 Å². The molecule has 1 aromatic carbocycles. The molecule has 0 aromatic heterocycles. The predicted molar refractivity (Wildman–Crippen MR) is 96.9 cm³/mol. The predicted octanol–water partition coefficient (Wildman–Crippen LogP) is 3.52. The van der Waals surface area contributed by atoms with Crippen molar-refractivity contribution in [2.75, 3.05) is 18.4 Å². The number of ether oxygens (including phenoxy) is 1. The third kappa shape index (κ3) is 6.38. The number of nitrogens with one attached hydrogen (secondary N) is 1. The van der Waals surface area contributed by atoms with Gasteiger partial charge >= 0.3 is 12.1 Å². The number of rotatable bonds is 6. The molecule has 1 atom stereocenters. The highest BCUT2D eigenvalue weighted by molar-refractivity contribution is 5.84. The number of aryl methyl sites for hydroxylation is 1. The highest BCUT2D eigenvalue weighted by Gasteiger charge is 2.29. The average Bonchev–Trinajstić information content (AvgIpc) is 2.96. The molecule has 2 N–H and O–H groups in total. The Kier molecular flexibility index (Phi) is 6.42. The van der Waals surface area contributed by atoms with Crippen molar-refractivity contribution in [1.82, 2.24) is 4.90 Å². The van der Waals surface area contributed by atoms with E-state index in [1.165, 1.54) is 5.56 Å². The Hall–Kier alpha value is -2.08. The minimum atomic E-state index is -0.713. The maximum absolute atomic E-state index is 11.7. The van der Waals surface area contributed by atoms with Crippen LogP contribution in [0.15, 0.2) is 24.3 Å². The van der Waals surface area contributed by atoms with E-state index in [0.717, 1.165) is 38.8 Å². The first-order valence-corrected chi connectivity index (χ1v) is 8.80. The summed E-state index contributed by atoms with van der Waals surface area (Å²) in [6.45, 7) is 7.14. The van der Waals surface area contributed by atoms with Gasteiger partial charge in [0.05, 0.1) is 0 Å². The number of hydrogen-bond donors (Lipinski definition) is 2. The fourth-order valence-electron chi connectivity index (χ4n) is 3.04. The Morgan fingerprint density at radius 3 is 2.56 bits per heavy atom. The second-order valence-corrected chi connectivity index (χ2v) is 7.46. The third-order valence-electron chi connectivity index (χ3n) is 4.16. The van der Waals surface area contributed by atoms with Gasteiger partial charge in [0.1, 0.15) is 11.6 Å². The number of nitrogens with zero attached hydrogens (tertiary/aromatic N) is 1. The number of hydrogen-bond acceptors (Lipinski definition) is 4. The van der Waals surface area contributed by atoms with Gasteiger partial charge < -0.3 is 9.84 Å². The summed E-state index contributed by atoms with van der Waals surface area (Å²) in [5.74, 6) is -0.713. The van der Waals surface area contributed by atoms with Crippen LogP contribution in [0.1, 0.15) is 45.6 Å². The molecule has 1 aliphatic rings. The van der Waals surface area contributed by atoms with E-state index in [1.54, 1.807) is 0 Å². The number of anilines is 1. The maximum atomic E-state index is 11.7. The molecule has 1 saturated heterocycles. The van der Waals surface area contributed by atoms with Crippen LogP contribution in [0.3, 0.4) is 0 Å². The van der Waals surface area contributed by atoms with Crippen LogP contribution in [0.2, 0.25) is 0 Å². The topological polar surface area (TPSA) is 78.9 Å². The lowest BCUT2D eigenvalue weighted by Gasteiger charge is -2.20. The summed E-state index contributed by atoms with van der Waals surface area (Å²) in [4.78, 5) is 25.0. The number of benzene rings is 1. The standard InChI is InChI=1S/C19H28N2O4/c1-19(2,3)25-18(24)20-15-10-8-14(9-11-15)6-4-12-21-13-5-7-16(21)17(22)23/h8-11,16H,4-7,12-13H2,1-3H3,(H,20,24)(H,22,23)/t16-/m0/s1. The summed E-state index contributed by atoms with van der Waals surface area (Å²) in [5.41, 5.74) is 1.34. The number of carboxylic acid groups (broad SMARTS) is 1. The van der Waals surface area contributed by atoms with Gasteiger partial charge in [0.2, 0.25) is 0 Å². The van der Waals surface area contributed by atoms with Crippen molar-refractivity contribution in [3.05, 3.63) is 29.8 Å². The zero-order chi connectivity index (χ0) is 18.4. The number of amides is 1. The molecule has 1 aromatic rings. The van der Waals surface area contributed by atoms with Crippen LogP contribution in [0, 0.1) is 0 Å². The lowest BCUT2D eigenvalue weighted by molar-refractivity contribution is -0.142. The van der Waals surface area contributed by atoms with Gasteiger partial charge in [-0.1, -0.05) is 12.1 Å². The van der Waals surface area contributed by atoms with E-state index < -0.39 is 17.7 Å². The summed E-state index contributed by atoms with van der Waals surface area (Å²) in [6.07, 6.45) is 3.05. The molecule has 1 heterocycles. The smallest absolute Gasteiger partial charge is 0.412 e. The third-order valence-corrected chi connectivity index (χ3v) is 4.16. The van der Waals surface area contributed by atoms with Crippen LogP contribution in [0.4, 0.5) is 10.5 Å². The lowest BCUT2D eigenvalue weighted by Crippen LogP contribution is -2.36. The van der Waals surface area contributed by atoms with E-state index in [0.29, 0.717) is 5.69 Å². The van der Waals surface area contributed by atoms with E-state index in [4.69, 9.17) is 4.74 Å². The number of carbonyl (C=O) groups excluding carboxylic acids is 1. The Morgan fingerprint density at radius 1 is 1.28 bits per heavy atom. The van der Waals surface area contributed by atoms with Crippen molar-refractivity contribution in [3.8, 4) is 0 Å². The first-order valence-electron chi connectivity index (χ1n) is 8.80. The summed E-state index contributed by atoms with van der Waals surface area (Å²) in [7, 11) is 0. The number of likely N-dealkylation sites (tertiary alicyclic amines) is 1. The summed E-state index contributed by atoms with van der Waals surface area (Å²) < 4.78 is 5.22. The van der Waals surface area contributed by atoms with Gasteiger partial charge in [-0.15, -0.1) is 0 Å². The normalized spacial score (nSPS) is 18.1. The fraction of sp³-hybridized carbons (Fsp3) is 0.579. The second-order valence-electron chi connectivity index (χ2n) is 7.46. The van der Waals surface area contributed by atoms with Crippen LogP contribution in [0.5, 0.6) is 0 Å². The van der Waals surface area contributed by atoms with E-state index in [2.05, 4.69) is 10.2 Å². The summed E-state index contributed by atoms with van der Waals surface area (Å²) in [6, 6.07) is 7.35. The number of carboxylic acids is 1. The first kappa shape index (κ1) is 19.2. The highest BCUT2D eigenvalue weighted by atomic mass is 16.6. The van der Waals surface area contributed by atoms with Crippen molar-refractivity contribution < 1.29 is 19.4 Å². The monoisotopic (exact) mass is 348 g/mol. The molecule has 0 aliphatic carbocycles. The molecule has 6 nitrogen and oxygen atoms in total. The Morgan fingerprint density at radius 2 is 1.96 bits per heavy atom. The Bertz CT molecular complexity index is 592. The molecule has 0 radical (unpaired) electrons. The maximum Gasteiger partial charge on any atom is 0.412 e. The molecule has 0 unspecified atom stereocenters. The number of carbonyl (C=O) groups is 2. The zero-order valence-electron chi connectivity index (χ0n) is 15.2. The van der Waals surface area contributed by atoms with Crippen molar-refractivity contribution in [2.24, 2.45) is 0 Å². The molecule has 1 aliphatic heterocycles. The molecule has 6 heteroatoms. The molecule has 1 amide bonds. The van der Waals surface area contributed by atoms with Gasteiger partial charge in [-0.2, -0.15) is 0 Å². The van der Waals surface area contributed by atoms with Crippen molar-refractivity contribution >= 4 is 17.7 Å². The second kappa shape index (κ2) is 8.34. The van der Waals surface area contributed by atoms with Crippen molar-refractivity contribution in [1.29, 1.82) is 0 Å². The zero-order valence-corrected chi connectivity index (χ0v) is 15.2. The van der Waals surface area contributed by atoms with Crippen LogP contribution >= 0.6 is 0 Å². The fourth-order valence-corrected chi connectivity index (χ4v) is 3.04. The largest absolute Gasteiger partial charge is 0.480 e. The van der Waals surface area contributed by atoms with Crippen LogP contribution in [-0.4, -0.2) is 46.8 Å². The van der Waals surface area contributed by atoms with E-state index >= 15 is 0 Å².